The molecule has 0 radical (unpaired) electrons. The molecule has 6 nitrogen and oxygen atoms in total. The molecule has 27 heavy (non-hydrogen) atoms. The topological polar surface area (TPSA) is 86.7 Å². The van der Waals surface area contributed by atoms with Gasteiger partial charge in [0.05, 0.1) is 16.7 Å². The van der Waals surface area contributed by atoms with Gasteiger partial charge in [-0.3, -0.25) is 9.59 Å². The van der Waals surface area contributed by atoms with Crippen LogP contribution in [0.2, 0.25) is 0 Å². The number of rotatable bonds is 4. The molecule has 140 valence electrons. The second-order valence-electron chi connectivity index (χ2n) is 6.37. The third-order valence-corrected chi connectivity index (χ3v) is 4.62. The largest absolute Gasteiger partial charge is 0.478 e. The molecule has 2 aromatic carbocycles. The monoisotopic (exact) mass is 370 g/mol. The highest BCUT2D eigenvalue weighted by Crippen LogP contribution is 2.17. The predicted octanol–water partition coefficient (Wildman–Crippen LogP) is 2.56. The molecule has 1 heterocycles. The molecule has 3 rings (SSSR count). The van der Waals surface area contributed by atoms with E-state index in [1.165, 1.54) is 30.3 Å². The van der Waals surface area contributed by atoms with Crippen LogP contribution < -0.4 is 5.32 Å². The van der Waals surface area contributed by atoms with Gasteiger partial charge in [0.25, 0.3) is 11.8 Å². The summed E-state index contributed by atoms with van der Waals surface area (Å²) in [6, 6.07) is 11.7. The second-order valence-corrected chi connectivity index (χ2v) is 6.37. The predicted molar refractivity (Wildman–Crippen MR) is 96.2 cm³/mol. The van der Waals surface area contributed by atoms with Gasteiger partial charge in [-0.15, -0.1) is 0 Å². The zero-order chi connectivity index (χ0) is 19.4. The van der Waals surface area contributed by atoms with E-state index in [2.05, 4.69) is 5.32 Å². The van der Waals surface area contributed by atoms with E-state index >= 15 is 0 Å². The van der Waals surface area contributed by atoms with Crippen LogP contribution in [-0.2, 0) is 0 Å². The van der Waals surface area contributed by atoms with E-state index in [1.807, 2.05) is 0 Å². The quantitative estimate of drug-likeness (QED) is 0.866. The third kappa shape index (κ3) is 4.13. The van der Waals surface area contributed by atoms with Crippen molar-refractivity contribution in [2.45, 2.75) is 18.9 Å². The zero-order valence-corrected chi connectivity index (χ0v) is 14.5. The van der Waals surface area contributed by atoms with Crippen LogP contribution in [0.4, 0.5) is 4.39 Å². The molecule has 0 aromatic heterocycles. The van der Waals surface area contributed by atoms with Gasteiger partial charge in [-0.05, 0) is 37.1 Å². The Balaban J connectivity index is 1.61. The van der Waals surface area contributed by atoms with Crippen LogP contribution in [0.1, 0.15) is 43.9 Å². The number of piperidine rings is 1. The Morgan fingerprint density at radius 1 is 0.926 bits per heavy atom. The van der Waals surface area contributed by atoms with Crippen molar-refractivity contribution in [2.24, 2.45) is 0 Å². The van der Waals surface area contributed by atoms with Gasteiger partial charge in [0.15, 0.2) is 0 Å². The number of nitrogens with zero attached hydrogens (tertiary/aromatic N) is 1. The second kappa shape index (κ2) is 7.99. The van der Waals surface area contributed by atoms with Crippen LogP contribution in [-0.4, -0.2) is 46.9 Å². The van der Waals surface area contributed by atoms with Gasteiger partial charge in [0.1, 0.15) is 5.82 Å². The van der Waals surface area contributed by atoms with Crippen molar-refractivity contribution < 1.29 is 23.9 Å². The standard InChI is InChI=1S/C20H19FN2O4/c21-17-8-4-3-7-16(17)18(24)22-13-9-11-23(12-10-13)19(25)14-5-1-2-6-15(14)20(26)27/h1-8,13H,9-12H2,(H,22,24)(H,26,27). The Hall–Kier alpha value is -3.22. The molecule has 0 unspecified atom stereocenters. The van der Waals surface area contributed by atoms with E-state index in [0.29, 0.717) is 25.9 Å². The van der Waals surface area contributed by atoms with Crippen LogP contribution in [0.3, 0.4) is 0 Å². The molecular weight excluding hydrogens is 351 g/mol. The molecule has 1 fully saturated rings. The first kappa shape index (κ1) is 18.6. The Morgan fingerprint density at radius 2 is 1.48 bits per heavy atom. The minimum Gasteiger partial charge on any atom is -0.478 e. The highest BCUT2D eigenvalue weighted by Gasteiger charge is 2.27. The number of hydrogen-bond donors (Lipinski definition) is 2. The molecule has 0 aliphatic carbocycles. The summed E-state index contributed by atoms with van der Waals surface area (Å²) in [5.41, 5.74) is 0.114. The van der Waals surface area contributed by atoms with E-state index in [1.54, 1.807) is 23.1 Å². The van der Waals surface area contributed by atoms with Crippen LogP contribution >= 0.6 is 0 Å². The summed E-state index contributed by atoms with van der Waals surface area (Å²) in [5.74, 6) is -2.54. The molecule has 0 atom stereocenters. The lowest BCUT2D eigenvalue weighted by atomic mass is 10.0. The summed E-state index contributed by atoms with van der Waals surface area (Å²) in [6.45, 7) is 0.768. The minimum absolute atomic E-state index is 0.00797. The van der Waals surface area contributed by atoms with Crippen LogP contribution in [0, 0.1) is 5.82 Å². The molecule has 0 saturated carbocycles. The molecule has 7 heteroatoms. The Bertz CT molecular complexity index is 876. The first-order valence-corrected chi connectivity index (χ1v) is 8.64. The molecule has 1 aliphatic heterocycles. The van der Waals surface area contributed by atoms with Gasteiger partial charge in [0, 0.05) is 19.1 Å². The Kier molecular flexibility index (Phi) is 5.49. The number of carbonyl (C=O) groups is 3. The number of carboxylic acids is 1. The summed E-state index contributed by atoms with van der Waals surface area (Å²) in [6.07, 6.45) is 1.03. The molecule has 2 amide bonds. The van der Waals surface area contributed by atoms with Crippen LogP contribution in [0.15, 0.2) is 48.5 Å². The average Bonchev–Trinajstić information content (AvgIpc) is 2.68. The number of carbonyl (C=O) groups excluding carboxylic acids is 2. The lowest BCUT2D eigenvalue weighted by Crippen LogP contribution is -2.46. The van der Waals surface area contributed by atoms with Crippen molar-refractivity contribution in [1.29, 1.82) is 0 Å². The SMILES string of the molecule is O=C(NC1CCN(C(=O)c2ccccc2C(=O)O)CC1)c1ccccc1F. The van der Waals surface area contributed by atoms with Gasteiger partial charge < -0.3 is 15.3 Å². The molecule has 2 aromatic rings. The maximum absolute atomic E-state index is 13.7. The lowest BCUT2D eigenvalue weighted by Gasteiger charge is -2.32. The number of aromatic carboxylic acids is 1. The number of amides is 2. The van der Waals surface area contributed by atoms with Gasteiger partial charge >= 0.3 is 5.97 Å². The summed E-state index contributed by atoms with van der Waals surface area (Å²) in [4.78, 5) is 37.7. The van der Waals surface area contributed by atoms with Crippen LogP contribution in [0.25, 0.3) is 0 Å². The van der Waals surface area contributed by atoms with Gasteiger partial charge in [0.2, 0.25) is 0 Å². The number of hydrogen-bond acceptors (Lipinski definition) is 3. The number of nitrogens with one attached hydrogen (secondary N) is 1. The molecule has 1 saturated heterocycles. The molecule has 1 aliphatic rings. The van der Waals surface area contributed by atoms with Gasteiger partial charge in [-0.1, -0.05) is 24.3 Å². The van der Waals surface area contributed by atoms with Crippen molar-refractivity contribution in [3.8, 4) is 0 Å². The molecular formula is C20H19FN2O4. The number of benzene rings is 2. The van der Waals surface area contributed by atoms with E-state index in [4.69, 9.17) is 0 Å². The van der Waals surface area contributed by atoms with Crippen molar-refractivity contribution in [1.82, 2.24) is 10.2 Å². The number of carboxylic acid groups (broad SMARTS) is 1. The summed E-state index contributed by atoms with van der Waals surface area (Å²) < 4.78 is 13.7. The highest BCUT2D eigenvalue weighted by atomic mass is 19.1. The maximum atomic E-state index is 13.7. The zero-order valence-electron chi connectivity index (χ0n) is 14.5. The fraction of sp³-hybridized carbons (Fsp3) is 0.250. The minimum atomic E-state index is -1.15. The Labute approximate surface area is 155 Å². The van der Waals surface area contributed by atoms with E-state index in [-0.39, 0.29) is 28.6 Å². The summed E-state index contributed by atoms with van der Waals surface area (Å²) in [5, 5.41) is 12.0. The molecule has 0 bridgehead atoms. The highest BCUT2D eigenvalue weighted by molar-refractivity contribution is 6.04. The Morgan fingerprint density at radius 3 is 2.07 bits per heavy atom. The van der Waals surface area contributed by atoms with Crippen LogP contribution in [0.5, 0.6) is 0 Å². The fourth-order valence-electron chi connectivity index (χ4n) is 3.16. The van der Waals surface area contributed by atoms with E-state index in [0.717, 1.165) is 0 Å². The van der Waals surface area contributed by atoms with E-state index in [9.17, 15) is 23.9 Å². The van der Waals surface area contributed by atoms with Crippen molar-refractivity contribution in [3.05, 3.63) is 71.0 Å². The summed E-state index contributed by atoms with van der Waals surface area (Å²) in [7, 11) is 0. The average molecular weight is 370 g/mol. The van der Waals surface area contributed by atoms with Gasteiger partial charge in [-0.25, -0.2) is 9.18 Å². The lowest BCUT2D eigenvalue weighted by molar-refractivity contribution is 0.0654. The fourth-order valence-corrected chi connectivity index (χ4v) is 3.16. The van der Waals surface area contributed by atoms with Crippen molar-refractivity contribution >= 4 is 17.8 Å². The van der Waals surface area contributed by atoms with Crippen molar-refractivity contribution in [3.63, 3.8) is 0 Å². The van der Waals surface area contributed by atoms with Gasteiger partial charge in [-0.2, -0.15) is 0 Å². The van der Waals surface area contributed by atoms with E-state index < -0.39 is 17.7 Å². The number of halogens is 1. The third-order valence-electron chi connectivity index (χ3n) is 4.62. The maximum Gasteiger partial charge on any atom is 0.336 e. The summed E-state index contributed by atoms with van der Waals surface area (Å²) >= 11 is 0. The molecule has 0 spiro atoms. The molecule has 2 N–H and O–H groups in total. The van der Waals surface area contributed by atoms with Crippen molar-refractivity contribution in [2.75, 3.05) is 13.1 Å². The normalized spacial score (nSPS) is 14.6. The number of likely N-dealkylation sites (tertiary alicyclic amines) is 1. The first-order chi connectivity index (χ1) is 13.0. The first-order valence-electron chi connectivity index (χ1n) is 8.64. The smallest absolute Gasteiger partial charge is 0.336 e.